The summed E-state index contributed by atoms with van der Waals surface area (Å²) in [5.41, 5.74) is 0.288. The summed E-state index contributed by atoms with van der Waals surface area (Å²) in [7, 11) is 0. The third-order valence-electron chi connectivity index (χ3n) is 5.41. The molecule has 1 aliphatic carbocycles. The molecule has 1 N–H and O–H groups in total. The first-order valence-electron chi connectivity index (χ1n) is 8.32. The van der Waals surface area contributed by atoms with E-state index in [0.29, 0.717) is 12.3 Å². The average Bonchev–Trinajstić information content (AvgIpc) is 2.73. The van der Waals surface area contributed by atoms with Crippen LogP contribution < -0.4 is 0 Å². The van der Waals surface area contributed by atoms with E-state index in [0.717, 1.165) is 38.8 Å². The second-order valence-corrected chi connectivity index (χ2v) is 7.80. The molecular formula is C17H29NO3. The molecule has 1 unspecified atom stereocenters. The summed E-state index contributed by atoms with van der Waals surface area (Å²) < 4.78 is 0. The highest BCUT2D eigenvalue weighted by atomic mass is 16.4. The number of carboxylic acid groups (broad SMARTS) is 1. The van der Waals surface area contributed by atoms with Crippen molar-refractivity contribution in [1.29, 1.82) is 0 Å². The molecule has 2 fully saturated rings. The Kier molecular flexibility index (Phi) is 4.95. The number of hydrogen-bond donors (Lipinski definition) is 1. The molecule has 1 saturated heterocycles. The molecule has 1 aliphatic heterocycles. The van der Waals surface area contributed by atoms with Crippen LogP contribution in [0, 0.1) is 23.2 Å². The van der Waals surface area contributed by atoms with Crippen LogP contribution in [0.25, 0.3) is 0 Å². The van der Waals surface area contributed by atoms with E-state index in [1.165, 1.54) is 6.42 Å². The van der Waals surface area contributed by atoms with Crippen LogP contribution in [0.3, 0.4) is 0 Å². The van der Waals surface area contributed by atoms with E-state index in [4.69, 9.17) is 0 Å². The van der Waals surface area contributed by atoms with Gasteiger partial charge in [0, 0.05) is 13.1 Å². The number of nitrogens with zero attached hydrogens (tertiary/aromatic N) is 1. The SMILES string of the molecule is CC(C)(C)C1CCCN(C(=O)[C@@H]2CCC[C@@H]2C(=O)O)CC1. The Bertz CT molecular complexity index is 399. The smallest absolute Gasteiger partial charge is 0.307 e. The van der Waals surface area contributed by atoms with Gasteiger partial charge in [-0.15, -0.1) is 0 Å². The van der Waals surface area contributed by atoms with Crippen LogP contribution in [-0.4, -0.2) is 35.0 Å². The number of hydrogen-bond acceptors (Lipinski definition) is 2. The van der Waals surface area contributed by atoms with E-state index in [1.54, 1.807) is 0 Å². The second kappa shape index (κ2) is 6.37. The fraction of sp³-hybridized carbons (Fsp3) is 0.882. The lowest BCUT2D eigenvalue weighted by atomic mass is 9.77. The third-order valence-corrected chi connectivity index (χ3v) is 5.41. The topological polar surface area (TPSA) is 57.6 Å². The summed E-state index contributed by atoms with van der Waals surface area (Å²) in [5, 5.41) is 9.26. The van der Waals surface area contributed by atoms with Crippen molar-refractivity contribution in [2.45, 2.75) is 59.3 Å². The number of rotatable bonds is 2. The van der Waals surface area contributed by atoms with E-state index in [2.05, 4.69) is 20.8 Å². The summed E-state index contributed by atoms with van der Waals surface area (Å²) in [6, 6.07) is 0. The average molecular weight is 295 g/mol. The van der Waals surface area contributed by atoms with Crippen molar-refractivity contribution >= 4 is 11.9 Å². The summed E-state index contributed by atoms with van der Waals surface area (Å²) in [5.74, 6) is -0.801. The number of likely N-dealkylation sites (tertiary alicyclic amines) is 1. The van der Waals surface area contributed by atoms with Gasteiger partial charge in [0.25, 0.3) is 0 Å². The molecule has 0 aromatic carbocycles. The van der Waals surface area contributed by atoms with Gasteiger partial charge in [-0.05, 0) is 43.4 Å². The van der Waals surface area contributed by atoms with Gasteiger partial charge in [0.15, 0.2) is 0 Å². The molecule has 1 amide bonds. The molecule has 0 aromatic heterocycles. The van der Waals surface area contributed by atoms with Gasteiger partial charge in [-0.1, -0.05) is 27.2 Å². The normalized spacial score (nSPS) is 31.0. The quantitative estimate of drug-likeness (QED) is 0.851. The van der Waals surface area contributed by atoms with Gasteiger partial charge in [0.05, 0.1) is 11.8 Å². The minimum atomic E-state index is -0.798. The number of carboxylic acids is 1. The molecule has 3 atom stereocenters. The number of carbonyl (C=O) groups excluding carboxylic acids is 1. The zero-order valence-corrected chi connectivity index (χ0v) is 13.6. The van der Waals surface area contributed by atoms with E-state index < -0.39 is 11.9 Å². The van der Waals surface area contributed by atoms with Gasteiger partial charge >= 0.3 is 5.97 Å². The molecule has 4 heteroatoms. The minimum Gasteiger partial charge on any atom is -0.481 e. The Morgan fingerprint density at radius 3 is 2.24 bits per heavy atom. The molecule has 120 valence electrons. The molecule has 0 radical (unpaired) electrons. The predicted molar refractivity (Wildman–Crippen MR) is 81.8 cm³/mol. The Balaban J connectivity index is 1.99. The Morgan fingerprint density at radius 2 is 1.62 bits per heavy atom. The van der Waals surface area contributed by atoms with Crippen molar-refractivity contribution in [2.75, 3.05) is 13.1 Å². The number of carbonyl (C=O) groups is 2. The monoisotopic (exact) mass is 295 g/mol. The van der Waals surface area contributed by atoms with E-state index in [9.17, 15) is 14.7 Å². The fourth-order valence-corrected chi connectivity index (χ4v) is 3.97. The van der Waals surface area contributed by atoms with Crippen LogP contribution in [0.1, 0.15) is 59.3 Å². The molecule has 1 saturated carbocycles. The summed E-state index contributed by atoms with van der Waals surface area (Å²) >= 11 is 0. The zero-order chi connectivity index (χ0) is 15.6. The van der Waals surface area contributed by atoms with Crippen molar-refractivity contribution in [2.24, 2.45) is 23.2 Å². The van der Waals surface area contributed by atoms with Gasteiger partial charge in [-0.3, -0.25) is 9.59 Å². The van der Waals surface area contributed by atoms with Gasteiger partial charge in [-0.25, -0.2) is 0 Å². The van der Waals surface area contributed by atoms with Crippen LogP contribution in [0.4, 0.5) is 0 Å². The lowest BCUT2D eigenvalue weighted by molar-refractivity contribution is -0.149. The first kappa shape index (κ1) is 16.3. The summed E-state index contributed by atoms with van der Waals surface area (Å²) in [6.07, 6.45) is 5.52. The van der Waals surface area contributed by atoms with Crippen molar-refractivity contribution in [3.05, 3.63) is 0 Å². The number of aliphatic carboxylic acids is 1. The summed E-state index contributed by atoms with van der Waals surface area (Å²) in [6.45, 7) is 8.41. The molecule has 21 heavy (non-hydrogen) atoms. The van der Waals surface area contributed by atoms with Gasteiger partial charge in [-0.2, -0.15) is 0 Å². The molecule has 0 spiro atoms. The lowest BCUT2D eigenvalue weighted by Crippen LogP contribution is -2.40. The van der Waals surface area contributed by atoms with Gasteiger partial charge < -0.3 is 10.0 Å². The van der Waals surface area contributed by atoms with E-state index in [-0.39, 0.29) is 17.2 Å². The van der Waals surface area contributed by atoms with Crippen molar-refractivity contribution in [3.8, 4) is 0 Å². The van der Waals surface area contributed by atoms with Crippen molar-refractivity contribution in [3.63, 3.8) is 0 Å². The van der Waals surface area contributed by atoms with Crippen molar-refractivity contribution in [1.82, 2.24) is 4.90 Å². The molecule has 2 aliphatic rings. The predicted octanol–water partition coefficient (Wildman–Crippen LogP) is 3.16. The van der Waals surface area contributed by atoms with Crippen LogP contribution in [0.2, 0.25) is 0 Å². The largest absolute Gasteiger partial charge is 0.481 e. The molecule has 4 nitrogen and oxygen atoms in total. The van der Waals surface area contributed by atoms with Gasteiger partial charge in [0.2, 0.25) is 5.91 Å². The molecular weight excluding hydrogens is 266 g/mol. The number of amides is 1. The molecule has 0 aromatic rings. The maximum atomic E-state index is 12.7. The first-order chi connectivity index (χ1) is 9.80. The van der Waals surface area contributed by atoms with E-state index in [1.807, 2.05) is 4.90 Å². The summed E-state index contributed by atoms with van der Waals surface area (Å²) in [4.78, 5) is 25.9. The van der Waals surface area contributed by atoms with Crippen LogP contribution in [0.15, 0.2) is 0 Å². The Labute approximate surface area is 127 Å². The van der Waals surface area contributed by atoms with Crippen LogP contribution in [-0.2, 0) is 9.59 Å². The second-order valence-electron chi connectivity index (χ2n) is 7.80. The van der Waals surface area contributed by atoms with Crippen molar-refractivity contribution < 1.29 is 14.7 Å². The highest BCUT2D eigenvalue weighted by Crippen LogP contribution is 2.37. The maximum Gasteiger partial charge on any atom is 0.307 e. The lowest BCUT2D eigenvalue weighted by Gasteiger charge is -2.30. The highest BCUT2D eigenvalue weighted by Gasteiger charge is 2.40. The van der Waals surface area contributed by atoms with Crippen LogP contribution in [0.5, 0.6) is 0 Å². The standard InChI is InChI=1S/C17H29NO3/c1-17(2,3)12-6-5-10-18(11-9-12)15(19)13-7-4-8-14(13)16(20)21/h12-14H,4-11H2,1-3H3,(H,20,21)/t12?,13-,14+/m1/s1. The van der Waals surface area contributed by atoms with Crippen LogP contribution >= 0.6 is 0 Å². The molecule has 2 rings (SSSR count). The molecule has 1 heterocycles. The fourth-order valence-electron chi connectivity index (χ4n) is 3.97. The minimum absolute atomic E-state index is 0.0921. The highest BCUT2D eigenvalue weighted by molar-refractivity contribution is 5.85. The van der Waals surface area contributed by atoms with Gasteiger partial charge in [0.1, 0.15) is 0 Å². The van der Waals surface area contributed by atoms with E-state index >= 15 is 0 Å². The maximum absolute atomic E-state index is 12.7. The zero-order valence-electron chi connectivity index (χ0n) is 13.6. The third kappa shape index (κ3) is 3.78. The Hall–Kier alpha value is -1.06. The Morgan fingerprint density at radius 1 is 0.952 bits per heavy atom. The first-order valence-corrected chi connectivity index (χ1v) is 8.32. The molecule has 0 bridgehead atoms.